The van der Waals surface area contributed by atoms with Crippen LogP contribution < -0.4 is 0 Å². The molecule has 0 aromatic rings. The molecule has 0 unspecified atom stereocenters. The summed E-state index contributed by atoms with van der Waals surface area (Å²) in [5.74, 6) is -0.207. The highest BCUT2D eigenvalue weighted by Gasteiger charge is 2.28. The average Bonchev–Trinajstić information content (AvgIpc) is 2.40. The lowest BCUT2D eigenvalue weighted by Gasteiger charge is -2.18. The molecule has 0 aliphatic carbocycles. The zero-order valence-electron chi connectivity index (χ0n) is 9.71. The first-order valence-electron chi connectivity index (χ1n) is 5.31. The Kier molecular flexibility index (Phi) is 4.04. The van der Waals surface area contributed by atoms with Crippen molar-refractivity contribution in [3.63, 3.8) is 0 Å². The fourth-order valence-corrected chi connectivity index (χ4v) is 2.06. The van der Waals surface area contributed by atoms with Crippen LogP contribution in [0, 0.1) is 0 Å². The van der Waals surface area contributed by atoms with Crippen molar-refractivity contribution in [1.29, 1.82) is 0 Å². The van der Waals surface area contributed by atoms with Crippen LogP contribution in [0.1, 0.15) is 12.8 Å². The first-order valence-corrected chi connectivity index (χ1v) is 9.02. The maximum absolute atomic E-state index is 11.2. The highest BCUT2D eigenvalue weighted by Crippen LogP contribution is 2.12. The predicted octanol–water partition coefficient (Wildman–Crippen LogP) is 1.45. The van der Waals surface area contributed by atoms with Crippen LogP contribution in [0.5, 0.6) is 0 Å². The van der Waals surface area contributed by atoms with Crippen molar-refractivity contribution < 1.29 is 14.3 Å². The van der Waals surface area contributed by atoms with E-state index >= 15 is 0 Å². The first-order chi connectivity index (χ1) is 6.90. The van der Waals surface area contributed by atoms with Crippen molar-refractivity contribution in [2.45, 2.75) is 38.5 Å². The zero-order valence-corrected chi connectivity index (χ0v) is 10.7. The second-order valence-corrected chi connectivity index (χ2v) is 10.7. The van der Waals surface area contributed by atoms with Gasteiger partial charge in [0.1, 0.15) is 6.73 Å². The van der Waals surface area contributed by atoms with E-state index in [4.69, 9.17) is 4.74 Å². The van der Waals surface area contributed by atoms with E-state index in [0.717, 1.165) is 6.04 Å². The Labute approximate surface area is 91.6 Å². The normalized spacial score (nSPS) is 17.7. The summed E-state index contributed by atoms with van der Waals surface area (Å²) in [7, 11) is -1.08. The number of carbonyl (C=O) groups is 2. The minimum atomic E-state index is -1.08. The molecule has 5 heteroatoms. The lowest BCUT2D eigenvalue weighted by Crippen LogP contribution is -2.32. The third-order valence-electron chi connectivity index (χ3n) is 2.37. The van der Waals surface area contributed by atoms with Gasteiger partial charge in [0.2, 0.25) is 11.8 Å². The second-order valence-electron chi connectivity index (χ2n) is 5.06. The number of imide groups is 1. The Morgan fingerprint density at radius 3 is 2.20 bits per heavy atom. The van der Waals surface area contributed by atoms with Crippen LogP contribution in [0.25, 0.3) is 0 Å². The Bertz CT molecular complexity index is 244. The number of amides is 2. The molecule has 0 spiro atoms. The summed E-state index contributed by atoms with van der Waals surface area (Å²) >= 11 is 0. The third-order valence-corrected chi connectivity index (χ3v) is 4.08. The maximum Gasteiger partial charge on any atom is 0.231 e. The van der Waals surface area contributed by atoms with Crippen molar-refractivity contribution in [1.82, 2.24) is 4.90 Å². The average molecular weight is 229 g/mol. The van der Waals surface area contributed by atoms with Crippen molar-refractivity contribution in [3.05, 3.63) is 0 Å². The second kappa shape index (κ2) is 4.89. The summed E-state index contributed by atoms with van der Waals surface area (Å²) in [6.45, 7) is 7.59. The zero-order chi connectivity index (χ0) is 11.5. The monoisotopic (exact) mass is 229 g/mol. The molecular weight excluding hydrogens is 210 g/mol. The van der Waals surface area contributed by atoms with Gasteiger partial charge in [-0.05, 0) is 6.04 Å². The van der Waals surface area contributed by atoms with Crippen LogP contribution in [0.15, 0.2) is 0 Å². The van der Waals surface area contributed by atoms with E-state index in [-0.39, 0.29) is 18.5 Å². The van der Waals surface area contributed by atoms with Crippen molar-refractivity contribution >= 4 is 19.9 Å². The molecule has 1 heterocycles. The molecule has 86 valence electrons. The van der Waals surface area contributed by atoms with E-state index < -0.39 is 8.07 Å². The summed E-state index contributed by atoms with van der Waals surface area (Å²) in [5, 5.41) is 0. The molecule has 1 saturated heterocycles. The number of rotatable bonds is 5. The fourth-order valence-electron chi connectivity index (χ4n) is 1.30. The molecular formula is C10H19NO3Si. The Morgan fingerprint density at radius 1 is 1.20 bits per heavy atom. The van der Waals surface area contributed by atoms with Crippen molar-refractivity contribution in [3.8, 4) is 0 Å². The number of nitrogens with zero attached hydrogens (tertiary/aromatic N) is 1. The van der Waals surface area contributed by atoms with E-state index in [1.165, 1.54) is 4.90 Å². The van der Waals surface area contributed by atoms with Gasteiger partial charge in [-0.1, -0.05) is 19.6 Å². The number of likely N-dealkylation sites (tertiary alicyclic amines) is 1. The van der Waals surface area contributed by atoms with Gasteiger partial charge in [0.15, 0.2) is 0 Å². The van der Waals surface area contributed by atoms with Gasteiger partial charge < -0.3 is 4.74 Å². The van der Waals surface area contributed by atoms with Gasteiger partial charge in [0.25, 0.3) is 0 Å². The molecule has 2 amide bonds. The van der Waals surface area contributed by atoms with Crippen molar-refractivity contribution in [2.24, 2.45) is 0 Å². The number of hydrogen-bond donors (Lipinski definition) is 0. The molecule has 0 atom stereocenters. The van der Waals surface area contributed by atoms with Crippen molar-refractivity contribution in [2.75, 3.05) is 13.3 Å². The molecule has 1 aliphatic rings. The van der Waals surface area contributed by atoms with Crippen LogP contribution in [0.4, 0.5) is 0 Å². The Balaban J connectivity index is 2.20. The van der Waals surface area contributed by atoms with Gasteiger partial charge in [-0.2, -0.15) is 0 Å². The molecule has 0 saturated carbocycles. The summed E-state index contributed by atoms with van der Waals surface area (Å²) < 4.78 is 5.35. The molecule has 0 aromatic carbocycles. The van der Waals surface area contributed by atoms with Crippen LogP contribution in [0.3, 0.4) is 0 Å². The standard InChI is InChI=1S/C10H19NO3Si/c1-15(2,3)7-6-14-8-11-9(12)4-5-10(11)13/h4-8H2,1-3H3. The van der Waals surface area contributed by atoms with Gasteiger partial charge in [-0.25, -0.2) is 0 Å². The molecule has 0 aromatic heterocycles. The summed E-state index contributed by atoms with van der Waals surface area (Å²) in [6.07, 6.45) is 0.687. The molecule has 0 radical (unpaired) electrons. The van der Waals surface area contributed by atoms with E-state index in [0.29, 0.717) is 19.4 Å². The molecule has 1 rings (SSSR count). The lowest BCUT2D eigenvalue weighted by molar-refractivity contribution is -0.144. The topological polar surface area (TPSA) is 46.6 Å². The number of carbonyl (C=O) groups excluding carboxylic acids is 2. The Morgan fingerprint density at radius 2 is 1.73 bits per heavy atom. The molecule has 15 heavy (non-hydrogen) atoms. The van der Waals surface area contributed by atoms with E-state index in [9.17, 15) is 9.59 Å². The summed E-state index contributed by atoms with van der Waals surface area (Å²) in [5.41, 5.74) is 0. The van der Waals surface area contributed by atoms with Gasteiger partial charge in [0.05, 0.1) is 0 Å². The summed E-state index contributed by atoms with van der Waals surface area (Å²) in [6, 6.07) is 1.06. The fraction of sp³-hybridized carbons (Fsp3) is 0.800. The molecule has 1 fully saturated rings. The van der Waals surface area contributed by atoms with Crippen LogP contribution >= 0.6 is 0 Å². The molecule has 1 aliphatic heterocycles. The van der Waals surface area contributed by atoms with E-state index in [2.05, 4.69) is 19.6 Å². The number of ether oxygens (including phenoxy) is 1. The highest BCUT2D eigenvalue weighted by atomic mass is 28.3. The van der Waals surface area contributed by atoms with E-state index in [1.807, 2.05) is 0 Å². The van der Waals surface area contributed by atoms with Gasteiger partial charge in [0, 0.05) is 27.5 Å². The Hall–Kier alpha value is -0.683. The maximum atomic E-state index is 11.2. The van der Waals surface area contributed by atoms with Gasteiger partial charge >= 0.3 is 0 Å². The van der Waals surface area contributed by atoms with Gasteiger partial charge in [-0.3, -0.25) is 14.5 Å². The highest BCUT2D eigenvalue weighted by molar-refractivity contribution is 6.76. The van der Waals surface area contributed by atoms with E-state index in [1.54, 1.807) is 0 Å². The summed E-state index contributed by atoms with van der Waals surface area (Å²) in [4.78, 5) is 23.6. The molecule has 0 N–H and O–H groups in total. The lowest BCUT2D eigenvalue weighted by atomic mass is 10.4. The SMILES string of the molecule is C[Si](C)(C)CCOCN1C(=O)CCC1=O. The predicted molar refractivity (Wildman–Crippen MR) is 60.1 cm³/mol. The van der Waals surface area contributed by atoms with Crippen LogP contribution in [-0.4, -0.2) is 38.1 Å². The number of hydrogen-bond acceptors (Lipinski definition) is 3. The van der Waals surface area contributed by atoms with Crippen LogP contribution in [0.2, 0.25) is 25.7 Å². The van der Waals surface area contributed by atoms with Gasteiger partial charge in [-0.15, -0.1) is 0 Å². The van der Waals surface area contributed by atoms with Crippen LogP contribution in [-0.2, 0) is 14.3 Å². The minimum Gasteiger partial charge on any atom is -0.361 e. The molecule has 0 bridgehead atoms. The quantitative estimate of drug-likeness (QED) is 0.407. The first kappa shape index (κ1) is 12.4. The smallest absolute Gasteiger partial charge is 0.231 e. The molecule has 4 nitrogen and oxygen atoms in total. The third kappa shape index (κ3) is 4.13. The largest absolute Gasteiger partial charge is 0.361 e. The minimum absolute atomic E-state index is 0.104.